The van der Waals surface area contributed by atoms with E-state index in [9.17, 15) is 15.4 Å². The molecule has 0 unspecified atom stereocenters. The number of nitrogens with zero attached hydrogens (tertiary/aromatic N) is 3. The van der Waals surface area contributed by atoms with Crippen LogP contribution in [0.25, 0.3) is 10.6 Å². The smallest absolute Gasteiger partial charge is 0.264 e. The number of halogens is 1. The summed E-state index contributed by atoms with van der Waals surface area (Å²) in [6.45, 7) is 1.80. The van der Waals surface area contributed by atoms with Crippen LogP contribution >= 0.6 is 11.6 Å². The SMILES string of the molecule is Cc1ccc([N+](=O)[O-])c(/C(Cl)=C(/C#N)c2cccnc2)c1. The summed E-state index contributed by atoms with van der Waals surface area (Å²) in [7, 11) is 0. The van der Waals surface area contributed by atoms with Gasteiger partial charge >= 0.3 is 0 Å². The highest BCUT2D eigenvalue weighted by atomic mass is 35.5. The monoisotopic (exact) mass is 299 g/mol. The lowest BCUT2D eigenvalue weighted by atomic mass is 10.0. The summed E-state index contributed by atoms with van der Waals surface area (Å²) in [5, 5.41) is 20.5. The minimum absolute atomic E-state index is 0.0425. The maximum atomic E-state index is 11.1. The normalized spacial score (nSPS) is 11.5. The van der Waals surface area contributed by atoms with E-state index in [0.717, 1.165) is 5.56 Å². The molecular weight excluding hydrogens is 290 g/mol. The molecule has 0 saturated carbocycles. The van der Waals surface area contributed by atoms with E-state index in [1.807, 2.05) is 6.07 Å². The van der Waals surface area contributed by atoms with Crippen LogP contribution in [-0.2, 0) is 0 Å². The average molecular weight is 300 g/mol. The summed E-state index contributed by atoms with van der Waals surface area (Å²) in [6, 6.07) is 9.93. The number of nitro groups is 1. The first-order valence-corrected chi connectivity index (χ1v) is 6.38. The number of hydrogen-bond acceptors (Lipinski definition) is 4. The lowest BCUT2D eigenvalue weighted by Gasteiger charge is -2.06. The highest BCUT2D eigenvalue weighted by Crippen LogP contribution is 2.35. The summed E-state index contributed by atoms with van der Waals surface area (Å²) in [6.07, 6.45) is 3.06. The molecule has 0 fully saturated rings. The van der Waals surface area contributed by atoms with Gasteiger partial charge in [0.25, 0.3) is 5.69 Å². The Morgan fingerprint density at radius 2 is 2.19 bits per heavy atom. The van der Waals surface area contributed by atoms with Gasteiger partial charge in [0.15, 0.2) is 0 Å². The average Bonchev–Trinajstić information content (AvgIpc) is 2.48. The Hall–Kier alpha value is -2.71. The van der Waals surface area contributed by atoms with Gasteiger partial charge in [-0.05, 0) is 24.6 Å². The Morgan fingerprint density at radius 1 is 1.43 bits per heavy atom. The molecule has 1 aromatic carbocycles. The summed E-state index contributed by atoms with van der Waals surface area (Å²) >= 11 is 6.25. The third-order valence-electron chi connectivity index (χ3n) is 2.87. The Balaban J connectivity index is 2.70. The fourth-order valence-electron chi connectivity index (χ4n) is 1.87. The van der Waals surface area contributed by atoms with Gasteiger partial charge < -0.3 is 0 Å². The van der Waals surface area contributed by atoms with Crippen molar-refractivity contribution in [3.05, 3.63) is 69.5 Å². The molecule has 5 nitrogen and oxygen atoms in total. The molecule has 21 heavy (non-hydrogen) atoms. The molecule has 0 amide bonds. The molecule has 0 spiro atoms. The van der Waals surface area contributed by atoms with Crippen molar-refractivity contribution in [3.63, 3.8) is 0 Å². The number of pyridine rings is 1. The number of allylic oxidation sites excluding steroid dienone is 1. The summed E-state index contributed by atoms with van der Waals surface area (Å²) in [5.74, 6) is 0. The van der Waals surface area contributed by atoms with E-state index in [4.69, 9.17) is 11.6 Å². The fraction of sp³-hybridized carbons (Fsp3) is 0.0667. The van der Waals surface area contributed by atoms with E-state index >= 15 is 0 Å². The number of aromatic nitrogens is 1. The fourth-order valence-corrected chi connectivity index (χ4v) is 2.17. The maximum absolute atomic E-state index is 11.1. The molecule has 6 heteroatoms. The van der Waals surface area contributed by atoms with Gasteiger partial charge in [0.05, 0.1) is 21.1 Å². The highest BCUT2D eigenvalue weighted by molar-refractivity contribution is 6.53. The molecule has 0 bridgehead atoms. The first-order valence-electron chi connectivity index (χ1n) is 6.00. The van der Waals surface area contributed by atoms with E-state index in [1.54, 1.807) is 37.4 Å². The van der Waals surface area contributed by atoms with Crippen molar-refractivity contribution in [1.82, 2.24) is 4.98 Å². The zero-order valence-corrected chi connectivity index (χ0v) is 11.8. The van der Waals surface area contributed by atoms with Crippen LogP contribution in [0.3, 0.4) is 0 Å². The Morgan fingerprint density at radius 3 is 2.76 bits per heavy atom. The van der Waals surface area contributed by atoms with Crippen LogP contribution in [0.5, 0.6) is 0 Å². The topological polar surface area (TPSA) is 79.8 Å². The predicted octanol–water partition coefficient (Wildman–Crippen LogP) is 3.93. The van der Waals surface area contributed by atoms with Crippen LogP contribution < -0.4 is 0 Å². The molecule has 0 saturated heterocycles. The van der Waals surface area contributed by atoms with Gasteiger partial charge in [-0.3, -0.25) is 15.1 Å². The molecule has 0 aliphatic carbocycles. The van der Waals surface area contributed by atoms with Gasteiger partial charge in [0.1, 0.15) is 6.07 Å². The largest absolute Gasteiger partial charge is 0.278 e. The predicted molar refractivity (Wildman–Crippen MR) is 80.4 cm³/mol. The molecule has 0 aliphatic rings. The Bertz CT molecular complexity index is 764. The standard InChI is InChI=1S/C15H10ClN3O2/c1-10-4-5-14(19(20)21)12(7-10)15(16)13(8-17)11-3-2-6-18-9-11/h2-7,9H,1H3/b15-13+. The number of aryl methyl sites for hydroxylation is 1. The third kappa shape index (κ3) is 3.07. The van der Waals surface area contributed by atoms with Gasteiger partial charge in [-0.25, -0.2) is 0 Å². The number of rotatable bonds is 3. The third-order valence-corrected chi connectivity index (χ3v) is 3.26. The van der Waals surface area contributed by atoms with Gasteiger partial charge in [0.2, 0.25) is 0 Å². The minimum Gasteiger partial charge on any atom is -0.264 e. The van der Waals surface area contributed by atoms with Crippen molar-refractivity contribution in [2.75, 3.05) is 0 Å². The van der Waals surface area contributed by atoms with E-state index < -0.39 is 4.92 Å². The second kappa shape index (κ2) is 6.16. The second-order valence-electron chi connectivity index (χ2n) is 4.32. The summed E-state index contributed by atoms with van der Waals surface area (Å²) in [4.78, 5) is 14.5. The lowest BCUT2D eigenvalue weighted by Crippen LogP contribution is -1.95. The van der Waals surface area contributed by atoms with Gasteiger partial charge in [-0.2, -0.15) is 5.26 Å². The van der Waals surface area contributed by atoms with Crippen molar-refractivity contribution in [2.45, 2.75) is 6.92 Å². The molecule has 0 atom stereocenters. The number of nitriles is 1. The molecule has 1 heterocycles. The molecule has 104 valence electrons. The number of nitro benzene ring substituents is 1. The van der Waals surface area contributed by atoms with Crippen LogP contribution in [0.4, 0.5) is 5.69 Å². The zero-order valence-electron chi connectivity index (χ0n) is 11.1. The maximum Gasteiger partial charge on any atom is 0.278 e. The number of hydrogen-bond donors (Lipinski definition) is 0. The summed E-state index contributed by atoms with van der Waals surface area (Å²) in [5.41, 5.74) is 1.57. The highest BCUT2D eigenvalue weighted by Gasteiger charge is 2.19. The minimum atomic E-state index is -0.518. The molecular formula is C15H10ClN3O2. The van der Waals surface area contributed by atoms with E-state index in [0.29, 0.717) is 5.56 Å². The lowest BCUT2D eigenvalue weighted by molar-refractivity contribution is -0.385. The second-order valence-corrected chi connectivity index (χ2v) is 4.70. The quantitative estimate of drug-likeness (QED) is 0.488. The first kappa shape index (κ1) is 14.7. The number of benzene rings is 1. The van der Waals surface area contributed by atoms with Crippen molar-refractivity contribution < 1.29 is 4.92 Å². The van der Waals surface area contributed by atoms with Crippen LogP contribution in [0.2, 0.25) is 0 Å². The molecule has 1 aromatic heterocycles. The van der Waals surface area contributed by atoms with E-state index in [1.165, 1.54) is 12.3 Å². The van der Waals surface area contributed by atoms with Gasteiger partial charge in [0, 0.05) is 24.0 Å². The zero-order chi connectivity index (χ0) is 15.4. The first-order chi connectivity index (χ1) is 10.0. The molecule has 0 radical (unpaired) electrons. The van der Waals surface area contributed by atoms with Gasteiger partial charge in [-0.15, -0.1) is 0 Å². The Labute approximate surface area is 126 Å². The van der Waals surface area contributed by atoms with Crippen molar-refractivity contribution in [2.24, 2.45) is 0 Å². The van der Waals surface area contributed by atoms with E-state index in [-0.39, 0.29) is 21.9 Å². The molecule has 2 aromatic rings. The Kier molecular flexibility index (Phi) is 4.31. The van der Waals surface area contributed by atoms with Crippen LogP contribution in [0, 0.1) is 28.4 Å². The molecule has 0 aliphatic heterocycles. The molecule has 2 rings (SSSR count). The molecule has 0 N–H and O–H groups in total. The van der Waals surface area contributed by atoms with Crippen LogP contribution in [0.1, 0.15) is 16.7 Å². The van der Waals surface area contributed by atoms with Crippen molar-refractivity contribution in [3.8, 4) is 6.07 Å². The van der Waals surface area contributed by atoms with E-state index in [2.05, 4.69) is 4.98 Å². The van der Waals surface area contributed by atoms with Crippen molar-refractivity contribution in [1.29, 1.82) is 5.26 Å². The van der Waals surface area contributed by atoms with Crippen molar-refractivity contribution >= 4 is 27.9 Å². The van der Waals surface area contributed by atoms with Crippen LogP contribution in [-0.4, -0.2) is 9.91 Å². The van der Waals surface area contributed by atoms with Crippen LogP contribution in [0.15, 0.2) is 42.7 Å². The van der Waals surface area contributed by atoms with Gasteiger partial charge in [-0.1, -0.05) is 23.7 Å². The summed E-state index contributed by atoms with van der Waals surface area (Å²) < 4.78 is 0.